The maximum Gasteiger partial charge on any atom is 0.335 e. The minimum atomic E-state index is -0.894. The molecule has 3 nitrogen and oxygen atoms in total. The first kappa shape index (κ1) is 22.4. The van der Waals surface area contributed by atoms with E-state index in [1.807, 2.05) is 0 Å². The predicted molar refractivity (Wildman–Crippen MR) is 123 cm³/mol. The molecule has 1 aliphatic carbocycles. The van der Waals surface area contributed by atoms with E-state index in [0.29, 0.717) is 11.0 Å². The summed E-state index contributed by atoms with van der Waals surface area (Å²) in [6.45, 7) is 11.4. The van der Waals surface area contributed by atoms with Crippen molar-refractivity contribution < 1.29 is 14.6 Å². The van der Waals surface area contributed by atoms with E-state index in [9.17, 15) is 4.79 Å². The Bertz CT molecular complexity index is 901. The summed E-state index contributed by atoms with van der Waals surface area (Å²) >= 11 is 0. The van der Waals surface area contributed by atoms with Gasteiger partial charge in [-0.15, -0.1) is 0 Å². The maximum atomic E-state index is 11.2. The first-order chi connectivity index (χ1) is 14.1. The molecular formula is C27H36O3. The lowest BCUT2D eigenvalue weighted by Gasteiger charge is -2.35. The van der Waals surface area contributed by atoms with Gasteiger partial charge in [0.1, 0.15) is 11.4 Å². The summed E-state index contributed by atoms with van der Waals surface area (Å²) in [6, 6.07) is 5.13. The van der Waals surface area contributed by atoms with Crippen LogP contribution in [-0.2, 0) is 6.42 Å². The largest absolute Gasteiger partial charge is 0.483 e. The Hall–Kier alpha value is -2.29. The summed E-state index contributed by atoms with van der Waals surface area (Å²) in [4.78, 5) is 11.2. The van der Waals surface area contributed by atoms with E-state index < -0.39 is 5.97 Å². The van der Waals surface area contributed by atoms with E-state index in [2.05, 4.69) is 52.8 Å². The van der Waals surface area contributed by atoms with Crippen LogP contribution in [0.3, 0.4) is 0 Å². The van der Waals surface area contributed by atoms with Crippen LogP contribution in [-0.4, -0.2) is 16.7 Å². The molecule has 0 fully saturated rings. The van der Waals surface area contributed by atoms with Gasteiger partial charge in [0.05, 0.1) is 5.56 Å². The molecule has 1 heterocycles. The van der Waals surface area contributed by atoms with Crippen LogP contribution in [0.25, 0.3) is 0 Å². The van der Waals surface area contributed by atoms with Gasteiger partial charge in [0.15, 0.2) is 0 Å². The van der Waals surface area contributed by atoms with Gasteiger partial charge in [-0.05, 0) is 101 Å². The predicted octanol–water partition coefficient (Wildman–Crippen LogP) is 7.28. The summed E-state index contributed by atoms with van der Waals surface area (Å²) in [5.41, 5.74) is 5.92. The third-order valence-corrected chi connectivity index (χ3v) is 6.83. The van der Waals surface area contributed by atoms with Gasteiger partial charge < -0.3 is 9.84 Å². The van der Waals surface area contributed by atoms with Gasteiger partial charge in [0, 0.05) is 0 Å². The molecule has 0 amide bonds. The van der Waals surface area contributed by atoms with Crippen molar-refractivity contribution in [2.24, 2.45) is 5.41 Å². The lowest BCUT2D eigenvalue weighted by molar-refractivity contribution is 0.0696. The third-order valence-electron chi connectivity index (χ3n) is 6.83. The SMILES string of the molecule is CC(=CC=CC1(C)CCc2cc(C(=O)O)ccc2O1)CCC1=C(C)CCCC1(C)C. The molecule has 0 saturated carbocycles. The van der Waals surface area contributed by atoms with E-state index in [-0.39, 0.29) is 5.60 Å². The Balaban J connectivity index is 1.61. The number of aryl methyl sites for hydroxylation is 1. The molecule has 1 N–H and O–H groups in total. The molecule has 0 saturated heterocycles. The summed E-state index contributed by atoms with van der Waals surface area (Å²) < 4.78 is 6.22. The fourth-order valence-electron chi connectivity index (χ4n) is 4.86. The zero-order valence-electron chi connectivity index (χ0n) is 19.2. The van der Waals surface area contributed by atoms with Crippen LogP contribution in [0.15, 0.2) is 53.1 Å². The molecule has 0 spiro atoms. The number of carboxylic acid groups (broad SMARTS) is 1. The minimum Gasteiger partial charge on any atom is -0.483 e. The molecule has 0 radical (unpaired) electrons. The van der Waals surface area contributed by atoms with Crippen molar-refractivity contribution in [3.8, 4) is 5.75 Å². The molecule has 1 atom stereocenters. The fourth-order valence-corrected chi connectivity index (χ4v) is 4.86. The van der Waals surface area contributed by atoms with Gasteiger partial charge in [-0.2, -0.15) is 0 Å². The van der Waals surface area contributed by atoms with Gasteiger partial charge in [-0.25, -0.2) is 4.79 Å². The number of aromatic carboxylic acids is 1. The van der Waals surface area contributed by atoms with Crippen LogP contribution in [0.1, 0.15) is 89.1 Å². The molecule has 30 heavy (non-hydrogen) atoms. The first-order valence-corrected chi connectivity index (χ1v) is 11.2. The molecule has 3 heteroatoms. The number of carbonyl (C=O) groups is 1. The topological polar surface area (TPSA) is 46.5 Å². The number of benzene rings is 1. The number of hydrogen-bond acceptors (Lipinski definition) is 2. The van der Waals surface area contributed by atoms with Crippen molar-refractivity contribution in [2.75, 3.05) is 0 Å². The van der Waals surface area contributed by atoms with Crippen molar-refractivity contribution in [2.45, 2.75) is 85.2 Å². The monoisotopic (exact) mass is 408 g/mol. The molecule has 1 unspecified atom stereocenters. The zero-order valence-corrected chi connectivity index (χ0v) is 19.2. The second-order valence-electron chi connectivity index (χ2n) is 9.91. The summed E-state index contributed by atoms with van der Waals surface area (Å²) in [5, 5.41) is 9.17. The summed E-state index contributed by atoms with van der Waals surface area (Å²) in [6.07, 6.45) is 14.3. The van der Waals surface area contributed by atoms with E-state index in [1.165, 1.54) is 24.8 Å². The first-order valence-electron chi connectivity index (χ1n) is 11.2. The quantitative estimate of drug-likeness (QED) is 0.397. The minimum absolute atomic E-state index is 0.321. The maximum absolute atomic E-state index is 11.2. The molecule has 1 aliphatic heterocycles. The Morgan fingerprint density at radius 3 is 2.67 bits per heavy atom. The zero-order chi connectivity index (χ0) is 21.9. The molecule has 2 aliphatic rings. The Labute approximate surface area is 181 Å². The highest BCUT2D eigenvalue weighted by Crippen LogP contribution is 2.42. The van der Waals surface area contributed by atoms with E-state index in [4.69, 9.17) is 9.84 Å². The molecular weight excluding hydrogens is 372 g/mol. The van der Waals surface area contributed by atoms with Crippen LogP contribution in [0.4, 0.5) is 0 Å². The van der Waals surface area contributed by atoms with E-state index in [0.717, 1.165) is 37.0 Å². The number of fused-ring (bicyclic) bond motifs is 1. The van der Waals surface area contributed by atoms with Gasteiger partial charge >= 0.3 is 5.97 Å². The van der Waals surface area contributed by atoms with Crippen LogP contribution in [0.2, 0.25) is 0 Å². The summed E-state index contributed by atoms with van der Waals surface area (Å²) in [7, 11) is 0. The molecule has 0 aromatic heterocycles. The third kappa shape index (κ3) is 5.24. The molecule has 3 rings (SSSR count). The number of carboxylic acids is 1. The lowest BCUT2D eigenvalue weighted by Crippen LogP contribution is -2.34. The van der Waals surface area contributed by atoms with E-state index >= 15 is 0 Å². The number of allylic oxidation sites excluding steroid dienone is 5. The average Bonchev–Trinajstić information content (AvgIpc) is 2.66. The fraction of sp³-hybridized carbons (Fsp3) is 0.519. The highest BCUT2D eigenvalue weighted by molar-refractivity contribution is 5.88. The highest BCUT2D eigenvalue weighted by Gasteiger charge is 2.29. The number of hydrogen-bond donors (Lipinski definition) is 1. The van der Waals surface area contributed by atoms with Crippen LogP contribution >= 0.6 is 0 Å². The van der Waals surface area contributed by atoms with Gasteiger partial charge in [-0.1, -0.05) is 42.7 Å². The van der Waals surface area contributed by atoms with Crippen molar-refractivity contribution in [3.63, 3.8) is 0 Å². The lowest BCUT2D eigenvalue weighted by atomic mass is 9.71. The van der Waals surface area contributed by atoms with Crippen LogP contribution in [0.5, 0.6) is 5.75 Å². The molecule has 162 valence electrons. The van der Waals surface area contributed by atoms with Crippen molar-refractivity contribution in [1.82, 2.24) is 0 Å². The number of ether oxygens (including phenoxy) is 1. The van der Waals surface area contributed by atoms with Crippen molar-refractivity contribution >= 4 is 5.97 Å². The second-order valence-corrected chi connectivity index (χ2v) is 9.91. The molecule has 0 bridgehead atoms. The van der Waals surface area contributed by atoms with Gasteiger partial charge in [-0.3, -0.25) is 0 Å². The van der Waals surface area contributed by atoms with E-state index in [1.54, 1.807) is 29.3 Å². The standard InChI is InChI=1S/C27H36O3/c1-19(10-12-23-20(2)9-7-15-26(23,3)4)8-6-16-27(5)17-14-21-18-22(25(28)29)11-13-24(21)30-27/h6,8,11,13,16,18H,7,9-10,12,14-15,17H2,1-5H3,(H,28,29). The second kappa shape index (κ2) is 8.83. The summed E-state index contributed by atoms with van der Waals surface area (Å²) in [5.74, 6) is -0.102. The Kier molecular flexibility index (Phi) is 6.59. The van der Waals surface area contributed by atoms with Gasteiger partial charge in [0.2, 0.25) is 0 Å². The molecule has 1 aromatic rings. The molecule has 1 aromatic carbocycles. The van der Waals surface area contributed by atoms with Crippen molar-refractivity contribution in [1.29, 1.82) is 0 Å². The van der Waals surface area contributed by atoms with Crippen LogP contribution in [0, 0.1) is 5.41 Å². The van der Waals surface area contributed by atoms with Crippen LogP contribution < -0.4 is 4.74 Å². The number of rotatable bonds is 6. The smallest absolute Gasteiger partial charge is 0.335 e. The van der Waals surface area contributed by atoms with Gasteiger partial charge in [0.25, 0.3) is 0 Å². The highest BCUT2D eigenvalue weighted by atomic mass is 16.5. The Morgan fingerprint density at radius 2 is 1.97 bits per heavy atom. The normalized spacial score (nSPS) is 24.0. The Morgan fingerprint density at radius 1 is 1.20 bits per heavy atom. The average molecular weight is 409 g/mol. The van der Waals surface area contributed by atoms with Crippen molar-refractivity contribution in [3.05, 3.63) is 64.3 Å².